The molecule has 0 aliphatic heterocycles. The van der Waals surface area contributed by atoms with Gasteiger partial charge in [0.25, 0.3) is 0 Å². The van der Waals surface area contributed by atoms with E-state index in [4.69, 9.17) is 5.73 Å². The molecule has 0 heterocycles. The zero-order chi connectivity index (χ0) is 11.3. The Morgan fingerprint density at radius 3 is 2.33 bits per heavy atom. The minimum Gasteiger partial charge on any atom is -0.324 e. The van der Waals surface area contributed by atoms with Gasteiger partial charge in [0.2, 0.25) is 6.43 Å². The van der Waals surface area contributed by atoms with E-state index in [-0.39, 0.29) is 18.7 Å². The molecular weight excluding hydrogens is 200 g/mol. The van der Waals surface area contributed by atoms with Crippen LogP contribution < -0.4 is 5.73 Å². The van der Waals surface area contributed by atoms with Crippen LogP contribution in [0, 0.1) is 0 Å². The summed E-state index contributed by atoms with van der Waals surface area (Å²) < 4.78 is 23.8. The number of alkyl halides is 2. The third kappa shape index (κ3) is 3.75. The number of nitrogens with two attached hydrogens (primary N) is 1. The lowest BCUT2D eigenvalue weighted by Crippen LogP contribution is -2.13. The Morgan fingerprint density at radius 2 is 1.87 bits per heavy atom. The quantitative estimate of drug-likeness (QED) is 0.760. The van der Waals surface area contributed by atoms with Crippen LogP contribution in [-0.4, -0.2) is 18.8 Å². The van der Waals surface area contributed by atoms with Crippen molar-refractivity contribution >= 4 is 5.78 Å². The fraction of sp³-hybridized carbons (Fsp3) is 0.364. The van der Waals surface area contributed by atoms with Crippen molar-refractivity contribution in [3.63, 3.8) is 0 Å². The average molecular weight is 213 g/mol. The first kappa shape index (κ1) is 11.8. The van der Waals surface area contributed by atoms with Gasteiger partial charge in [0.15, 0.2) is 5.78 Å². The summed E-state index contributed by atoms with van der Waals surface area (Å²) in [5.41, 5.74) is 6.53. The molecule has 0 saturated heterocycles. The highest BCUT2D eigenvalue weighted by Crippen LogP contribution is 2.10. The lowest BCUT2D eigenvalue weighted by Gasteiger charge is -2.02. The molecule has 0 bridgehead atoms. The van der Waals surface area contributed by atoms with Crippen LogP contribution in [0.25, 0.3) is 0 Å². The highest BCUT2D eigenvalue weighted by Gasteiger charge is 2.05. The van der Waals surface area contributed by atoms with Crippen molar-refractivity contribution in [1.29, 1.82) is 0 Å². The van der Waals surface area contributed by atoms with Crippen LogP contribution in [0.15, 0.2) is 24.3 Å². The number of carbonyl (C=O) groups is 1. The number of hydrogen-bond acceptors (Lipinski definition) is 2. The molecule has 0 atom stereocenters. The van der Waals surface area contributed by atoms with Crippen LogP contribution in [0.3, 0.4) is 0 Å². The zero-order valence-corrected chi connectivity index (χ0v) is 8.25. The van der Waals surface area contributed by atoms with Crippen molar-refractivity contribution in [2.24, 2.45) is 5.73 Å². The van der Waals surface area contributed by atoms with Gasteiger partial charge >= 0.3 is 0 Å². The third-order valence-electron chi connectivity index (χ3n) is 2.11. The van der Waals surface area contributed by atoms with E-state index in [0.717, 1.165) is 5.56 Å². The van der Waals surface area contributed by atoms with Crippen LogP contribution in [0.4, 0.5) is 8.78 Å². The number of halogens is 2. The maximum Gasteiger partial charge on any atom is 0.239 e. The number of Topliss-reactive ketones (excluding diaryl/α,β-unsaturated/α-hetero) is 1. The molecule has 0 spiro atoms. The highest BCUT2D eigenvalue weighted by molar-refractivity contribution is 5.97. The molecule has 0 amide bonds. The number of benzene rings is 1. The lowest BCUT2D eigenvalue weighted by atomic mass is 10.1. The van der Waals surface area contributed by atoms with Crippen LogP contribution in [0.1, 0.15) is 22.3 Å². The largest absolute Gasteiger partial charge is 0.324 e. The van der Waals surface area contributed by atoms with Crippen molar-refractivity contribution in [3.05, 3.63) is 35.4 Å². The predicted octanol–water partition coefficient (Wildman–Crippen LogP) is 2.03. The Labute approximate surface area is 87.1 Å². The van der Waals surface area contributed by atoms with Crippen molar-refractivity contribution in [2.45, 2.75) is 19.3 Å². The smallest absolute Gasteiger partial charge is 0.239 e. The Balaban J connectivity index is 2.60. The van der Waals surface area contributed by atoms with E-state index in [2.05, 4.69) is 0 Å². The Kier molecular flexibility index (Phi) is 4.37. The molecule has 2 nitrogen and oxygen atoms in total. The van der Waals surface area contributed by atoms with Crippen molar-refractivity contribution in [2.75, 3.05) is 6.54 Å². The van der Waals surface area contributed by atoms with Gasteiger partial charge in [0.05, 0.1) is 6.54 Å². The monoisotopic (exact) mass is 213 g/mol. The van der Waals surface area contributed by atoms with E-state index >= 15 is 0 Å². The number of hydrogen-bond donors (Lipinski definition) is 1. The van der Waals surface area contributed by atoms with Gasteiger partial charge in [-0.1, -0.05) is 24.3 Å². The minimum atomic E-state index is -2.28. The van der Waals surface area contributed by atoms with Crippen LogP contribution in [0.2, 0.25) is 0 Å². The summed E-state index contributed by atoms with van der Waals surface area (Å²) in [6.07, 6.45) is -2.10. The second-order valence-electron chi connectivity index (χ2n) is 3.25. The molecule has 82 valence electrons. The van der Waals surface area contributed by atoms with E-state index in [1.165, 1.54) is 0 Å². The molecule has 1 aromatic rings. The summed E-state index contributed by atoms with van der Waals surface area (Å²) in [6, 6.07) is 6.61. The SMILES string of the molecule is NCC(=O)c1ccc(CCC(F)F)cc1. The van der Waals surface area contributed by atoms with Gasteiger partial charge in [-0.3, -0.25) is 4.79 Å². The van der Waals surface area contributed by atoms with Crippen LogP contribution in [-0.2, 0) is 6.42 Å². The van der Waals surface area contributed by atoms with Crippen LogP contribution in [0.5, 0.6) is 0 Å². The van der Waals surface area contributed by atoms with Crippen molar-refractivity contribution in [3.8, 4) is 0 Å². The maximum absolute atomic E-state index is 11.9. The fourth-order valence-corrected chi connectivity index (χ4v) is 1.25. The number of ketones is 1. The normalized spacial score (nSPS) is 10.7. The number of carbonyl (C=O) groups excluding carboxylic acids is 1. The first-order chi connectivity index (χ1) is 7.13. The molecule has 0 unspecified atom stereocenters. The van der Waals surface area contributed by atoms with Gasteiger partial charge in [-0.2, -0.15) is 0 Å². The Hall–Kier alpha value is -1.29. The summed E-state index contributed by atoms with van der Waals surface area (Å²) in [5, 5.41) is 0. The maximum atomic E-state index is 11.9. The van der Waals surface area contributed by atoms with Gasteiger partial charge in [-0.25, -0.2) is 8.78 Å². The zero-order valence-electron chi connectivity index (χ0n) is 8.25. The molecule has 0 aromatic heterocycles. The molecule has 0 radical (unpaired) electrons. The summed E-state index contributed by atoms with van der Waals surface area (Å²) in [7, 11) is 0. The van der Waals surface area contributed by atoms with E-state index in [1.54, 1.807) is 24.3 Å². The predicted molar refractivity (Wildman–Crippen MR) is 54.2 cm³/mol. The second kappa shape index (κ2) is 5.56. The third-order valence-corrected chi connectivity index (χ3v) is 2.11. The van der Waals surface area contributed by atoms with Crippen LogP contribution >= 0.6 is 0 Å². The highest BCUT2D eigenvalue weighted by atomic mass is 19.3. The molecule has 0 aliphatic rings. The average Bonchev–Trinajstić information content (AvgIpc) is 2.26. The second-order valence-corrected chi connectivity index (χ2v) is 3.25. The summed E-state index contributed by atoms with van der Waals surface area (Å²) >= 11 is 0. The molecule has 4 heteroatoms. The number of rotatable bonds is 5. The Bertz CT molecular complexity index is 322. The molecule has 0 fully saturated rings. The first-order valence-corrected chi connectivity index (χ1v) is 4.74. The molecular formula is C11H13F2NO. The molecule has 15 heavy (non-hydrogen) atoms. The summed E-state index contributed by atoms with van der Waals surface area (Å²) in [4.78, 5) is 11.1. The van der Waals surface area contributed by atoms with E-state index in [1.807, 2.05) is 0 Å². The van der Waals surface area contributed by atoms with E-state index in [0.29, 0.717) is 12.0 Å². The summed E-state index contributed by atoms with van der Waals surface area (Å²) in [6.45, 7) is -0.0314. The van der Waals surface area contributed by atoms with Gasteiger partial charge in [-0.15, -0.1) is 0 Å². The minimum absolute atomic E-state index is 0.0314. The molecule has 2 N–H and O–H groups in total. The topological polar surface area (TPSA) is 43.1 Å². The van der Waals surface area contributed by atoms with Crippen molar-refractivity contribution in [1.82, 2.24) is 0 Å². The molecule has 0 aliphatic carbocycles. The van der Waals surface area contributed by atoms with Gasteiger partial charge in [-0.05, 0) is 12.0 Å². The molecule has 1 aromatic carbocycles. The lowest BCUT2D eigenvalue weighted by molar-refractivity contribution is 0.100. The Morgan fingerprint density at radius 1 is 1.27 bits per heavy atom. The van der Waals surface area contributed by atoms with Crippen molar-refractivity contribution < 1.29 is 13.6 Å². The fourth-order valence-electron chi connectivity index (χ4n) is 1.25. The van der Waals surface area contributed by atoms with E-state index in [9.17, 15) is 13.6 Å². The van der Waals surface area contributed by atoms with Gasteiger partial charge in [0, 0.05) is 12.0 Å². The van der Waals surface area contributed by atoms with E-state index < -0.39 is 6.43 Å². The molecule has 0 saturated carbocycles. The standard InChI is InChI=1S/C11H13F2NO/c12-11(13)6-3-8-1-4-9(5-2-8)10(15)7-14/h1-2,4-5,11H,3,6-7,14H2. The first-order valence-electron chi connectivity index (χ1n) is 4.74. The summed E-state index contributed by atoms with van der Waals surface area (Å²) in [5.74, 6) is -0.143. The number of aryl methyl sites for hydroxylation is 1. The molecule has 1 rings (SSSR count). The van der Waals surface area contributed by atoms with Gasteiger partial charge in [0.1, 0.15) is 0 Å². The van der Waals surface area contributed by atoms with Gasteiger partial charge < -0.3 is 5.73 Å².